The van der Waals surface area contributed by atoms with Crippen molar-refractivity contribution in [3.05, 3.63) is 34.9 Å². The van der Waals surface area contributed by atoms with Gasteiger partial charge >= 0.3 is 0 Å². The Hall–Kier alpha value is -0.820. The molecule has 0 amide bonds. The Morgan fingerprint density at radius 3 is 2.31 bits per heavy atom. The highest BCUT2D eigenvalue weighted by molar-refractivity contribution is 6.30. The fraction of sp³-hybridized carbons (Fsp3) is 0.500. The summed E-state index contributed by atoms with van der Waals surface area (Å²) in [6.07, 6.45) is 6.57. The maximum absolute atomic E-state index is 11.7. The van der Waals surface area contributed by atoms with Gasteiger partial charge in [-0.25, -0.2) is 0 Å². The van der Waals surface area contributed by atoms with Gasteiger partial charge in [0, 0.05) is 17.0 Å². The van der Waals surface area contributed by atoms with Crippen molar-refractivity contribution in [3.8, 4) is 0 Å². The molecule has 0 aliphatic heterocycles. The van der Waals surface area contributed by atoms with Crippen molar-refractivity contribution in [1.29, 1.82) is 0 Å². The second-order valence-corrected chi connectivity index (χ2v) is 4.53. The smallest absolute Gasteiger partial charge is 0.162 e. The van der Waals surface area contributed by atoms with Crippen LogP contribution >= 0.6 is 11.6 Å². The predicted molar refractivity (Wildman–Crippen MR) is 69.2 cm³/mol. The van der Waals surface area contributed by atoms with Gasteiger partial charge in [0.25, 0.3) is 0 Å². The van der Waals surface area contributed by atoms with E-state index in [-0.39, 0.29) is 5.78 Å². The van der Waals surface area contributed by atoms with Gasteiger partial charge in [0.1, 0.15) is 0 Å². The average molecular weight is 239 g/mol. The topological polar surface area (TPSA) is 17.1 Å². The highest BCUT2D eigenvalue weighted by atomic mass is 35.5. The lowest BCUT2D eigenvalue weighted by molar-refractivity contribution is 0.0979. The van der Waals surface area contributed by atoms with E-state index in [1.807, 2.05) is 0 Å². The predicted octanol–water partition coefficient (Wildman–Crippen LogP) is 4.88. The van der Waals surface area contributed by atoms with Crippen LogP contribution in [0.15, 0.2) is 24.3 Å². The Bertz CT molecular complexity index is 316. The van der Waals surface area contributed by atoms with Crippen LogP contribution in [-0.2, 0) is 0 Å². The fourth-order valence-corrected chi connectivity index (χ4v) is 1.80. The van der Waals surface area contributed by atoms with Crippen molar-refractivity contribution in [3.63, 3.8) is 0 Å². The van der Waals surface area contributed by atoms with Gasteiger partial charge in [0.2, 0.25) is 0 Å². The molecule has 16 heavy (non-hydrogen) atoms. The first-order chi connectivity index (χ1) is 7.74. The maximum atomic E-state index is 11.7. The van der Waals surface area contributed by atoms with Crippen molar-refractivity contribution in [2.75, 3.05) is 0 Å². The van der Waals surface area contributed by atoms with E-state index in [0.29, 0.717) is 11.4 Å². The molecule has 1 aromatic carbocycles. The van der Waals surface area contributed by atoms with E-state index < -0.39 is 0 Å². The molecule has 1 rings (SSSR count). The highest BCUT2D eigenvalue weighted by Crippen LogP contribution is 2.13. The number of rotatable bonds is 7. The summed E-state index contributed by atoms with van der Waals surface area (Å²) < 4.78 is 0. The summed E-state index contributed by atoms with van der Waals surface area (Å²) in [5.41, 5.74) is 0.778. The van der Waals surface area contributed by atoms with Gasteiger partial charge in [-0.3, -0.25) is 4.79 Å². The van der Waals surface area contributed by atoms with Gasteiger partial charge in [-0.1, -0.05) is 44.2 Å². The molecule has 0 spiro atoms. The van der Waals surface area contributed by atoms with E-state index >= 15 is 0 Å². The molecule has 0 unspecified atom stereocenters. The van der Waals surface area contributed by atoms with Gasteiger partial charge in [0.15, 0.2) is 5.78 Å². The zero-order chi connectivity index (χ0) is 11.8. The third-order valence-corrected chi connectivity index (χ3v) is 2.93. The van der Waals surface area contributed by atoms with E-state index in [2.05, 4.69) is 6.92 Å². The highest BCUT2D eigenvalue weighted by Gasteiger charge is 2.04. The van der Waals surface area contributed by atoms with E-state index in [1.165, 1.54) is 19.3 Å². The molecule has 1 aromatic rings. The van der Waals surface area contributed by atoms with Crippen molar-refractivity contribution < 1.29 is 4.79 Å². The van der Waals surface area contributed by atoms with Gasteiger partial charge in [-0.05, 0) is 30.7 Å². The number of halogens is 1. The van der Waals surface area contributed by atoms with Gasteiger partial charge in [0.05, 0.1) is 0 Å². The van der Waals surface area contributed by atoms with Crippen LogP contribution in [-0.4, -0.2) is 5.78 Å². The van der Waals surface area contributed by atoms with Crippen molar-refractivity contribution in [2.45, 2.75) is 45.4 Å². The Morgan fingerprint density at radius 2 is 1.69 bits per heavy atom. The number of hydrogen-bond acceptors (Lipinski definition) is 1. The SMILES string of the molecule is CCCCCCCC(=O)c1ccc(Cl)cc1. The van der Waals surface area contributed by atoms with Crippen LogP contribution in [0.5, 0.6) is 0 Å². The summed E-state index contributed by atoms with van der Waals surface area (Å²) in [5.74, 6) is 0.230. The third-order valence-electron chi connectivity index (χ3n) is 2.67. The standard InChI is InChI=1S/C14H19ClO/c1-2-3-4-5-6-7-14(16)12-8-10-13(15)11-9-12/h8-11H,2-7H2,1H3. The number of benzene rings is 1. The molecule has 1 nitrogen and oxygen atoms in total. The Morgan fingerprint density at radius 1 is 1.06 bits per heavy atom. The van der Waals surface area contributed by atoms with Crippen molar-refractivity contribution >= 4 is 17.4 Å². The molecule has 0 radical (unpaired) electrons. The Labute approximate surface area is 103 Å². The normalized spacial score (nSPS) is 10.4. The van der Waals surface area contributed by atoms with Crippen LogP contribution in [0.25, 0.3) is 0 Å². The van der Waals surface area contributed by atoms with Crippen molar-refractivity contribution in [1.82, 2.24) is 0 Å². The summed E-state index contributed by atoms with van der Waals surface area (Å²) in [7, 11) is 0. The van der Waals surface area contributed by atoms with Gasteiger partial charge in [-0.15, -0.1) is 0 Å². The summed E-state index contributed by atoms with van der Waals surface area (Å²) in [6, 6.07) is 7.14. The second-order valence-electron chi connectivity index (χ2n) is 4.09. The number of unbranched alkanes of at least 4 members (excludes halogenated alkanes) is 4. The molecule has 0 heterocycles. The van der Waals surface area contributed by atoms with E-state index in [0.717, 1.165) is 18.4 Å². The number of ketones is 1. The number of carbonyl (C=O) groups excluding carboxylic acids is 1. The molecule has 0 saturated heterocycles. The zero-order valence-corrected chi connectivity index (χ0v) is 10.6. The van der Waals surface area contributed by atoms with E-state index in [1.54, 1.807) is 24.3 Å². The lowest BCUT2D eigenvalue weighted by Gasteiger charge is -2.01. The molecule has 0 N–H and O–H groups in total. The first-order valence-electron chi connectivity index (χ1n) is 6.03. The lowest BCUT2D eigenvalue weighted by Crippen LogP contribution is -1.98. The Balaban J connectivity index is 2.27. The molecule has 0 bridgehead atoms. The fourth-order valence-electron chi connectivity index (χ4n) is 1.67. The minimum atomic E-state index is 0.230. The molecule has 0 atom stereocenters. The van der Waals surface area contributed by atoms with Gasteiger partial charge in [-0.2, -0.15) is 0 Å². The Kier molecular flexibility index (Phi) is 6.17. The number of hydrogen-bond donors (Lipinski definition) is 0. The number of Topliss-reactive ketones (excluding diaryl/α,β-unsaturated/α-hetero) is 1. The number of carbonyl (C=O) groups is 1. The van der Waals surface area contributed by atoms with Crippen LogP contribution in [0.1, 0.15) is 55.8 Å². The van der Waals surface area contributed by atoms with E-state index in [9.17, 15) is 4.79 Å². The summed E-state index contributed by atoms with van der Waals surface area (Å²) in [6.45, 7) is 2.19. The third kappa shape index (κ3) is 4.80. The maximum Gasteiger partial charge on any atom is 0.162 e. The first-order valence-corrected chi connectivity index (χ1v) is 6.40. The second kappa shape index (κ2) is 7.45. The zero-order valence-electron chi connectivity index (χ0n) is 9.84. The molecule has 0 aliphatic carbocycles. The average Bonchev–Trinajstić information content (AvgIpc) is 2.29. The van der Waals surface area contributed by atoms with Crippen LogP contribution in [0.4, 0.5) is 0 Å². The lowest BCUT2D eigenvalue weighted by atomic mass is 10.0. The van der Waals surface area contributed by atoms with Gasteiger partial charge < -0.3 is 0 Å². The molecule has 0 aliphatic rings. The van der Waals surface area contributed by atoms with Crippen molar-refractivity contribution in [2.24, 2.45) is 0 Å². The molecule has 0 saturated carbocycles. The molecule has 88 valence electrons. The van der Waals surface area contributed by atoms with Crippen LogP contribution in [0.2, 0.25) is 5.02 Å². The monoisotopic (exact) mass is 238 g/mol. The molecular formula is C14H19ClO. The first kappa shape index (κ1) is 13.2. The summed E-state index contributed by atoms with van der Waals surface area (Å²) in [4.78, 5) is 11.7. The summed E-state index contributed by atoms with van der Waals surface area (Å²) >= 11 is 5.77. The molecule has 0 aromatic heterocycles. The van der Waals surface area contributed by atoms with Crippen LogP contribution in [0.3, 0.4) is 0 Å². The minimum Gasteiger partial charge on any atom is -0.294 e. The minimum absolute atomic E-state index is 0.230. The van der Waals surface area contributed by atoms with Crippen LogP contribution in [0, 0.1) is 0 Å². The van der Waals surface area contributed by atoms with Crippen LogP contribution < -0.4 is 0 Å². The quantitative estimate of drug-likeness (QED) is 0.489. The summed E-state index contributed by atoms with van der Waals surface area (Å²) in [5, 5.41) is 0.680. The van der Waals surface area contributed by atoms with E-state index in [4.69, 9.17) is 11.6 Å². The molecule has 0 fully saturated rings. The molecular weight excluding hydrogens is 220 g/mol. The molecule has 2 heteroatoms. The largest absolute Gasteiger partial charge is 0.294 e.